The van der Waals surface area contributed by atoms with E-state index in [-0.39, 0.29) is 0 Å². The lowest BCUT2D eigenvalue weighted by Crippen LogP contribution is -2.19. The van der Waals surface area contributed by atoms with Crippen molar-refractivity contribution >= 4 is 21.7 Å². The highest BCUT2D eigenvalue weighted by Gasteiger charge is 2.06. The molecule has 0 fully saturated rings. The third-order valence-electron chi connectivity index (χ3n) is 3.20. The van der Waals surface area contributed by atoms with Gasteiger partial charge >= 0.3 is 0 Å². The molecule has 0 spiro atoms. The number of halogens is 1. The fourth-order valence-corrected chi connectivity index (χ4v) is 2.42. The van der Waals surface area contributed by atoms with Gasteiger partial charge in [-0.15, -0.1) is 5.10 Å². The Hall–Kier alpha value is -1.46. The first-order chi connectivity index (χ1) is 10.2. The van der Waals surface area contributed by atoms with Gasteiger partial charge in [-0.2, -0.15) is 5.10 Å². The Bertz CT molecular complexity index is 556. The molecule has 1 aromatic heterocycles. The van der Waals surface area contributed by atoms with Crippen molar-refractivity contribution in [1.82, 2.24) is 15.5 Å². The van der Waals surface area contributed by atoms with Crippen LogP contribution in [-0.4, -0.2) is 23.8 Å². The molecule has 0 saturated heterocycles. The summed E-state index contributed by atoms with van der Waals surface area (Å²) in [5, 5.41) is 11.9. The summed E-state index contributed by atoms with van der Waals surface area (Å²) in [4.78, 5) is 2.09. The molecule has 0 aliphatic rings. The largest absolute Gasteiger partial charge is 0.354 e. The number of nitrogens with one attached hydrogen (secondary N) is 1. The Morgan fingerprint density at radius 3 is 2.62 bits per heavy atom. The number of rotatable bonds is 7. The topological polar surface area (TPSA) is 41.0 Å². The smallest absolute Gasteiger partial charge is 0.151 e. The maximum absolute atomic E-state index is 4.30. The molecule has 0 saturated carbocycles. The van der Waals surface area contributed by atoms with E-state index in [0.29, 0.717) is 0 Å². The van der Waals surface area contributed by atoms with Crippen LogP contribution in [0.3, 0.4) is 0 Å². The first-order valence-corrected chi connectivity index (χ1v) is 7.98. The fraction of sp³-hybridized carbons (Fsp3) is 0.375. The summed E-state index contributed by atoms with van der Waals surface area (Å²) in [6, 6.07) is 12.3. The fourth-order valence-electron chi connectivity index (χ4n) is 2.01. The first-order valence-electron chi connectivity index (χ1n) is 7.18. The minimum atomic E-state index is 0.773. The van der Waals surface area contributed by atoms with Gasteiger partial charge in [0.05, 0.1) is 5.69 Å². The average molecular weight is 349 g/mol. The summed E-state index contributed by atoms with van der Waals surface area (Å²) in [6.45, 7) is 4.72. The van der Waals surface area contributed by atoms with Crippen LogP contribution in [0.2, 0.25) is 0 Å². The predicted molar refractivity (Wildman–Crippen MR) is 90.3 cm³/mol. The van der Waals surface area contributed by atoms with Crippen LogP contribution in [0.1, 0.15) is 24.6 Å². The van der Waals surface area contributed by atoms with Crippen molar-refractivity contribution in [2.24, 2.45) is 0 Å². The monoisotopic (exact) mass is 348 g/mol. The molecule has 0 atom stereocenters. The number of anilines is 1. The molecule has 21 heavy (non-hydrogen) atoms. The van der Waals surface area contributed by atoms with Crippen molar-refractivity contribution in [2.45, 2.75) is 26.4 Å². The van der Waals surface area contributed by atoms with Gasteiger partial charge in [0.25, 0.3) is 0 Å². The molecular formula is C16H21BrN4. The van der Waals surface area contributed by atoms with E-state index in [2.05, 4.69) is 55.4 Å². The van der Waals surface area contributed by atoms with Crippen molar-refractivity contribution < 1.29 is 0 Å². The second-order valence-electron chi connectivity index (χ2n) is 5.01. The van der Waals surface area contributed by atoms with E-state index >= 15 is 0 Å². The molecule has 0 aliphatic carbocycles. The summed E-state index contributed by atoms with van der Waals surface area (Å²) >= 11 is 3.57. The molecule has 0 radical (unpaired) electrons. The van der Waals surface area contributed by atoms with Crippen LogP contribution in [0, 0.1) is 0 Å². The van der Waals surface area contributed by atoms with Crippen molar-refractivity contribution in [3.8, 4) is 0 Å². The van der Waals surface area contributed by atoms with Crippen LogP contribution in [0.25, 0.3) is 0 Å². The molecule has 5 heteroatoms. The van der Waals surface area contributed by atoms with Gasteiger partial charge in [0, 0.05) is 24.6 Å². The third-order valence-corrected chi connectivity index (χ3v) is 3.97. The Morgan fingerprint density at radius 2 is 1.95 bits per heavy atom. The summed E-state index contributed by atoms with van der Waals surface area (Å²) in [5.74, 6) is 0.880. The van der Waals surface area contributed by atoms with Gasteiger partial charge < -0.3 is 10.2 Å². The molecule has 2 rings (SSSR count). The zero-order chi connectivity index (χ0) is 15.1. The van der Waals surface area contributed by atoms with Crippen molar-refractivity contribution in [2.75, 3.05) is 18.5 Å². The number of nitrogens with zero attached hydrogens (tertiary/aromatic N) is 3. The molecule has 1 aromatic carbocycles. The lowest BCUT2D eigenvalue weighted by atomic mass is 10.2. The van der Waals surface area contributed by atoms with Gasteiger partial charge in [-0.3, -0.25) is 0 Å². The summed E-state index contributed by atoms with van der Waals surface area (Å²) in [5.41, 5.74) is 2.21. The van der Waals surface area contributed by atoms with Gasteiger partial charge in [-0.25, -0.2) is 0 Å². The molecule has 0 amide bonds. The lowest BCUT2D eigenvalue weighted by molar-refractivity contribution is 0.656. The highest BCUT2D eigenvalue weighted by atomic mass is 79.9. The van der Waals surface area contributed by atoms with Crippen molar-refractivity contribution in [3.05, 3.63) is 52.1 Å². The molecule has 112 valence electrons. The van der Waals surface area contributed by atoms with E-state index in [1.807, 2.05) is 31.3 Å². The SMILES string of the molecule is CCCNCc1ccc(N(C)Cc2ccccc2Br)nn1. The van der Waals surface area contributed by atoms with Crippen LogP contribution in [0.15, 0.2) is 40.9 Å². The van der Waals surface area contributed by atoms with Crippen LogP contribution in [0.4, 0.5) is 5.82 Å². The van der Waals surface area contributed by atoms with Gasteiger partial charge in [-0.1, -0.05) is 41.1 Å². The molecule has 1 heterocycles. The highest BCUT2D eigenvalue weighted by Crippen LogP contribution is 2.19. The molecule has 0 unspecified atom stereocenters. The van der Waals surface area contributed by atoms with E-state index in [4.69, 9.17) is 0 Å². The van der Waals surface area contributed by atoms with Gasteiger partial charge in [-0.05, 0) is 36.7 Å². The molecule has 0 bridgehead atoms. The van der Waals surface area contributed by atoms with E-state index in [1.165, 1.54) is 5.56 Å². The van der Waals surface area contributed by atoms with Crippen molar-refractivity contribution in [3.63, 3.8) is 0 Å². The molecule has 1 N–H and O–H groups in total. The van der Waals surface area contributed by atoms with Gasteiger partial charge in [0.2, 0.25) is 0 Å². The Kier molecular flexibility index (Phi) is 6.14. The van der Waals surface area contributed by atoms with E-state index in [1.54, 1.807) is 0 Å². The summed E-state index contributed by atoms with van der Waals surface area (Å²) in [6.07, 6.45) is 1.13. The molecule has 4 nitrogen and oxygen atoms in total. The van der Waals surface area contributed by atoms with E-state index in [0.717, 1.165) is 42.0 Å². The predicted octanol–water partition coefficient (Wildman–Crippen LogP) is 3.38. The van der Waals surface area contributed by atoms with Crippen LogP contribution >= 0.6 is 15.9 Å². The number of hydrogen-bond donors (Lipinski definition) is 1. The zero-order valence-corrected chi connectivity index (χ0v) is 14.1. The van der Waals surface area contributed by atoms with Crippen LogP contribution in [0.5, 0.6) is 0 Å². The summed E-state index contributed by atoms with van der Waals surface area (Å²) < 4.78 is 1.12. The van der Waals surface area contributed by atoms with Crippen LogP contribution < -0.4 is 10.2 Å². The second-order valence-corrected chi connectivity index (χ2v) is 5.86. The summed E-state index contributed by atoms with van der Waals surface area (Å²) in [7, 11) is 2.03. The van der Waals surface area contributed by atoms with E-state index < -0.39 is 0 Å². The minimum absolute atomic E-state index is 0.773. The zero-order valence-electron chi connectivity index (χ0n) is 12.5. The third kappa shape index (κ3) is 4.79. The highest BCUT2D eigenvalue weighted by molar-refractivity contribution is 9.10. The number of benzene rings is 1. The normalized spacial score (nSPS) is 10.6. The molecule has 2 aromatic rings. The average Bonchev–Trinajstić information content (AvgIpc) is 2.50. The maximum Gasteiger partial charge on any atom is 0.151 e. The van der Waals surface area contributed by atoms with Crippen molar-refractivity contribution in [1.29, 1.82) is 0 Å². The quantitative estimate of drug-likeness (QED) is 0.778. The Balaban J connectivity index is 1.96. The van der Waals surface area contributed by atoms with E-state index in [9.17, 15) is 0 Å². The Labute approximate surface area is 134 Å². The van der Waals surface area contributed by atoms with Crippen LogP contribution in [-0.2, 0) is 13.1 Å². The number of hydrogen-bond acceptors (Lipinski definition) is 4. The number of aromatic nitrogens is 2. The minimum Gasteiger partial charge on any atom is -0.354 e. The maximum atomic E-state index is 4.30. The van der Waals surface area contributed by atoms with Gasteiger partial charge in [0.15, 0.2) is 5.82 Å². The van der Waals surface area contributed by atoms with Gasteiger partial charge in [0.1, 0.15) is 0 Å². The first kappa shape index (κ1) is 15.9. The standard InChI is InChI=1S/C16H21BrN4/c1-3-10-18-11-14-8-9-16(20-19-14)21(2)12-13-6-4-5-7-15(13)17/h4-9,18H,3,10-12H2,1-2H3. The molecule has 0 aliphatic heterocycles. The lowest BCUT2D eigenvalue weighted by Gasteiger charge is -2.18. The second kappa shape index (κ2) is 8.10. The Morgan fingerprint density at radius 1 is 1.14 bits per heavy atom. The molecular weight excluding hydrogens is 328 g/mol.